The molecule has 6 aromatic rings. The van der Waals surface area contributed by atoms with Gasteiger partial charge in [-0.05, 0) is 47.4 Å². The molecule has 0 radical (unpaired) electrons. The number of pyridine rings is 2. The highest BCUT2D eigenvalue weighted by molar-refractivity contribution is 6.08. The first-order valence-corrected chi connectivity index (χ1v) is 13.6. The summed E-state index contributed by atoms with van der Waals surface area (Å²) in [5, 5.41) is 17.2. The standard InChI is InChI=1S/C34H27FN6O/c35-30-15-5-4-11-24(30)16-18-38-34(42)26-19-25(20-36-21-26)32-29-14-8-13-28(23-9-2-1-3-10-23)31(29)33(41-40-32)39-22-27-12-6-7-17-37-27/h1-15,17,19-21H,16,18,22H2,(H,38,42)(H,39,41). The predicted molar refractivity (Wildman–Crippen MR) is 162 cm³/mol. The van der Waals surface area contributed by atoms with E-state index < -0.39 is 0 Å². The molecule has 0 spiro atoms. The van der Waals surface area contributed by atoms with Gasteiger partial charge in [-0.25, -0.2) is 4.39 Å². The van der Waals surface area contributed by atoms with Crippen molar-refractivity contribution in [1.29, 1.82) is 0 Å². The first kappa shape index (κ1) is 26.7. The van der Waals surface area contributed by atoms with E-state index in [9.17, 15) is 9.18 Å². The molecule has 206 valence electrons. The molecule has 0 saturated carbocycles. The molecule has 8 heteroatoms. The lowest BCUT2D eigenvalue weighted by Crippen LogP contribution is -2.26. The molecular formula is C34H27FN6O. The van der Waals surface area contributed by atoms with Crippen molar-refractivity contribution < 1.29 is 9.18 Å². The number of hydrogen-bond donors (Lipinski definition) is 2. The molecule has 6 rings (SSSR count). The highest BCUT2D eigenvalue weighted by Gasteiger charge is 2.17. The molecule has 0 atom stereocenters. The third-order valence-electron chi connectivity index (χ3n) is 6.97. The fourth-order valence-electron chi connectivity index (χ4n) is 4.89. The molecular weight excluding hydrogens is 527 g/mol. The van der Waals surface area contributed by atoms with Crippen molar-refractivity contribution in [2.24, 2.45) is 0 Å². The molecule has 0 aliphatic heterocycles. The maximum absolute atomic E-state index is 14.0. The molecule has 0 saturated heterocycles. The van der Waals surface area contributed by atoms with Crippen molar-refractivity contribution in [3.05, 3.63) is 138 Å². The van der Waals surface area contributed by atoms with Gasteiger partial charge in [0.2, 0.25) is 0 Å². The Bertz CT molecular complexity index is 1850. The summed E-state index contributed by atoms with van der Waals surface area (Å²) in [4.78, 5) is 21.7. The number of aromatic nitrogens is 4. The molecule has 0 fully saturated rings. The van der Waals surface area contributed by atoms with Gasteiger partial charge in [-0.3, -0.25) is 14.8 Å². The van der Waals surface area contributed by atoms with E-state index in [1.165, 1.54) is 12.3 Å². The summed E-state index contributed by atoms with van der Waals surface area (Å²) < 4.78 is 14.0. The van der Waals surface area contributed by atoms with E-state index in [0.29, 0.717) is 47.7 Å². The van der Waals surface area contributed by atoms with Gasteiger partial charge >= 0.3 is 0 Å². The van der Waals surface area contributed by atoms with E-state index in [2.05, 4.69) is 49.0 Å². The van der Waals surface area contributed by atoms with E-state index in [1.807, 2.05) is 48.5 Å². The van der Waals surface area contributed by atoms with Crippen LogP contribution < -0.4 is 10.6 Å². The molecule has 3 heterocycles. The highest BCUT2D eigenvalue weighted by Crippen LogP contribution is 2.37. The van der Waals surface area contributed by atoms with Gasteiger partial charge in [0, 0.05) is 41.5 Å². The molecule has 0 unspecified atom stereocenters. The predicted octanol–water partition coefficient (Wildman–Crippen LogP) is 6.48. The van der Waals surface area contributed by atoms with Crippen LogP contribution in [-0.4, -0.2) is 32.6 Å². The third kappa shape index (κ3) is 5.83. The van der Waals surface area contributed by atoms with Crippen LogP contribution in [0.4, 0.5) is 10.2 Å². The number of amides is 1. The van der Waals surface area contributed by atoms with Crippen molar-refractivity contribution in [2.75, 3.05) is 11.9 Å². The summed E-state index contributed by atoms with van der Waals surface area (Å²) in [6.07, 6.45) is 5.33. The van der Waals surface area contributed by atoms with Gasteiger partial charge < -0.3 is 10.6 Å². The van der Waals surface area contributed by atoms with Crippen molar-refractivity contribution in [3.8, 4) is 22.4 Å². The second-order valence-corrected chi connectivity index (χ2v) is 9.73. The molecule has 3 aromatic carbocycles. The molecule has 0 bridgehead atoms. The highest BCUT2D eigenvalue weighted by atomic mass is 19.1. The van der Waals surface area contributed by atoms with Gasteiger partial charge in [0.05, 0.1) is 17.8 Å². The Morgan fingerprint density at radius 1 is 0.810 bits per heavy atom. The van der Waals surface area contributed by atoms with E-state index >= 15 is 0 Å². The Balaban J connectivity index is 1.33. The van der Waals surface area contributed by atoms with Crippen LogP contribution in [0.2, 0.25) is 0 Å². The Morgan fingerprint density at radius 3 is 2.48 bits per heavy atom. The number of benzene rings is 3. The second-order valence-electron chi connectivity index (χ2n) is 9.73. The smallest absolute Gasteiger partial charge is 0.252 e. The molecule has 1 amide bonds. The van der Waals surface area contributed by atoms with Crippen LogP contribution in [0.15, 0.2) is 116 Å². The summed E-state index contributed by atoms with van der Waals surface area (Å²) in [5.74, 6) is 0.0548. The first-order chi connectivity index (χ1) is 20.7. The summed E-state index contributed by atoms with van der Waals surface area (Å²) in [7, 11) is 0. The molecule has 42 heavy (non-hydrogen) atoms. The Kier molecular flexibility index (Phi) is 7.85. The van der Waals surface area contributed by atoms with Crippen molar-refractivity contribution in [1.82, 2.24) is 25.5 Å². The molecule has 0 aliphatic rings. The van der Waals surface area contributed by atoms with Gasteiger partial charge in [0.1, 0.15) is 11.5 Å². The summed E-state index contributed by atoms with van der Waals surface area (Å²) in [6.45, 7) is 0.779. The first-order valence-electron chi connectivity index (χ1n) is 13.6. The summed E-state index contributed by atoms with van der Waals surface area (Å²) >= 11 is 0. The minimum atomic E-state index is -0.295. The lowest BCUT2D eigenvalue weighted by Gasteiger charge is -2.15. The van der Waals surface area contributed by atoms with Crippen molar-refractivity contribution in [3.63, 3.8) is 0 Å². The van der Waals surface area contributed by atoms with Gasteiger partial charge in [0.15, 0.2) is 5.82 Å². The van der Waals surface area contributed by atoms with E-state index in [0.717, 1.165) is 27.6 Å². The fourth-order valence-corrected chi connectivity index (χ4v) is 4.89. The number of hydrogen-bond acceptors (Lipinski definition) is 6. The average molecular weight is 555 g/mol. The number of nitrogens with zero attached hydrogens (tertiary/aromatic N) is 4. The number of carbonyl (C=O) groups excluding carboxylic acids is 1. The number of fused-ring (bicyclic) bond motifs is 1. The average Bonchev–Trinajstić information content (AvgIpc) is 3.05. The van der Waals surface area contributed by atoms with Crippen molar-refractivity contribution in [2.45, 2.75) is 13.0 Å². The second kappa shape index (κ2) is 12.3. The van der Waals surface area contributed by atoms with Gasteiger partial charge in [0.25, 0.3) is 5.91 Å². The quantitative estimate of drug-likeness (QED) is 0.213. The Hall–Kier alpha value is -5.50. The number of carbonyl (C=O) groups is 1. The zero-order valence-electron chi connectivity index (χ0n) is 22.7. The number of anilines is 1. The van der Waals surface area contributed by atoms with Gasteiger partial charge in [-0.15, -0.1) is 10.2 Å². The van der Waals surface area contributed by atoms with Crippen LogP contribution in [0.25, 0.3) is 33.2 Å². The topological polar surface area (TPSA) is 92.7 Å². The van der Waals surface area contributed by atoms with Gasteiger partial charge in [-0.2, -0.15) is 0 Å². The minimum absolute atomic E-state index is 0.284. The number of nitrogens with one attached hydrogen (secondary N) is 2. The Labute approximate surface area is 242 Å². The monoisotopic (exact) mass is 554 g/mol. The van der Waals surface area contributed by atoms with E-state index in [1.54, 1.807) is 36.7 Å². The van der Waals surface area contributed by atoms with Crippen LogP contribution in [0.1, 0.15) is 21.6 Å². The van der Waals surface area contributed by atoms with Crippen LogP contribution in [-0.2, 0) is 13.0 Å². The minimum Gasteiger partial charge on any atom is -0.362 e. The largest absolute Gasteiger partial charge is 0.362 e. The van der Waals surface area contributed by atoms with Gasteiger partial charge in [-0.1, -0.05) is 72.8 Å². The van der Waals surface area contributed by atoms with Crippen LogP contribution in [0.5, 0.6) is 0 Å². The van der Waals surface area contributed by atoms with E-state index in [-0.39, 0.29) is 11.7 Å². The lowest BCUT2D eigenvalue weighted by molar-refractivity contribution is 0.0953. The maximum atomic E-state index is 14.0. The SMILES string of the molecule is O=C(NCCc1ccccc1F)c1cncc(-c2nnc(NCc3ccccn3)c3c(-c4ccccc4)cccc23)c1. The maximum Gasteiger partial charge on any atom is 0.252 e. The van der Waals surface area contributed by atoms with Crippen LogP contribution in [0.3, 0.4) is 0 Å². The molecule has 3 aromatic heterocycles. The molecule has 0 aliphatic carbocycles. The van der Waals surface area contributed by atoms with Crippen LogP contribution >= 0.6 is 0 Å². The zero-order valence-corrected chi connectivity index (χ0v) is 22.7. The zero-order chi connectivity index (χ0) is 28.7. The summed E-state index contributed by atoms with van der Waals surface area (Å²) in [5.41, 5.74) is 5.14. The normalized spacial score (nSPS) is 10.9. The number of halogens is 1. The number of rotatable bonds is 9. The van der Waals surface area contributed by atoms with E-state index in [4.69, 9.17) is 0 Å². The van der Waals surface area contributed by atoms with Crippen LogP contribution in [0, 0.1) is 5.82 Å². The fraction of sp³-hybridized carbons (Fsp3) is 0.0882. The molecule has 7 nitrogen and oxygen atoms in total. The summed E-state index contributed by atoms with van der Waals surface area (Å²) in [6, 6.07) is 30.3. The van der Waals surface area contributed by atoms with Crippen molar-refractivity contribution >= 4 is 22.5 Å². The Morgan fingerprint density at radius 2 is 1.64 bits per heavy atom. The third-order valence-corrected chi connectivity index (χ3v) is 6.97. The lowest BCUT2D eigenvalue weighted by atomic mass is 9.96. The molecule has 2 N–H and O–H groups in total.